The fourth-order valence-electron chi connectivity index (χ4n) is 1.77. The Morgan fingerprint density at radius 3 is 2.65 bits per heavy atom. The molecule has 98 valence electrons. The van der Waals surface area contributed by atoms with Crippen molar-refractivity contribution in [2.75, 3.05) is 6.54 Å². The molecule has 0 aliphatic carbocycles. The Morgan fingerprint density at radius 1 is 1.35 bits per heavy atom. The van der Waals surface area contributed by atoms with Gasteiger partial charge in [0, 0.05) is 24.8 Å². The lowest BCUT2D eigenvalue weighted by atomic mass is 10.1. The zero-order valence-electron chi connectivity index (χ0n) is 12.0. The minimum Gasteiger partial charge on any atom is -0.312 e. The van der Waals surface area contributed by atoms with Gasteiger partial charge in [-0.1, -0.05) is 34.1 Å². The van der Waals surface area contributed by atoms with Gasteiger partial charge in [-0.15, -0.1) is 0 Å². The van der Waals surface area contributed by atoms with Crippen LogP contribution in [0.5, 0.6) is 0 Å². The van der Waals surface area contributed by atoms with Gasteiger partial charge < -0.3 is 5.32 Å². The van der Waals surface area contributed by atoms with Crippen LogP contribution in [0.3, 0.4) is 0 Å². The molecule has 1 aromatic heterocycles. The molecule has 1 atom stereocenters. The van der Waals surface area contributed by atoms with Crippen molar-refractivity contribution in [3.8, 4) is 0 Å². The van der Waals surface area contributed by atoms with Crippen molar-refractivity contribution in [1.29, 1.82) is 0 Å². The molecule has 1 unspecified atom stereocenters. The Balaban J connectivity index is 2.50. The first kappa shape index (κ1) is 14.2. The molecule has 3 nitrogen and oxygen atoms in total. The Hall–Kier alpha value is -0.830. The summed E-state index contributed by atoms with van der Waals surface area (Å²) in [6, 6.07) is 0. The third-order valence-corrected chi connectivity index (χ3v) is 3.11. The van der Waals surface area contributed by atoms with E-state index < -0.39 is 0 Å². The van der Waals surface area contributed by atoms with Crippen LogP contribution in [0.25, 0.3) is 0 Å². The van der Waals surface area contributed by atoms with E-state index in [1.807, 2.05) is 0 Å². The maximum Gasteiger partial charge on any atom is 0.0638 e. The summed E-state index contributed by atoms with van der Waals surface area (Å²) < 4.78 is 2.09. The zero-order chi connectivity index (χ0) is 12.8. The van der Waals surface area contributed by atoms with Crippen LogP contribution in [-0.2, 0) is 13.1 Å². The van der Waals surface area contributed by atoms with Gasteiger partial charge in [-0.2, -0.15) is 5.10 Å². The monoisotopic (exact) mass is 237 g/mol. The van der Waals surface area contributed by atoms with Gasteiger partial charge in [0.1, 0.15) is 0 Å². The van der Waals surface area contributed by atoms with E-state index in [0.717, 1.165) is 25.3 Å². The predicted molar refractivity (Wildman–Crippen MR) is 73.0 cm³/mol. The SMILES string of the molecule is CCC(C)Cn1cc(CNCC(C)C)c(C)n1. The Morgan fingerprint density at radius 2 is 2.06 bits per heavy atom. The van der Waals surface area contributed by atoms with E-state index in [1.54, 1.807) is 0 Å². The van der Waals surface area contributed by atoms with E-state index in [0.29, 0.717) is 11.8 Å². The summed E-state index contributed by atoms with van der Waals surface area (Å²) in [4.78, 5) is 0. The Kier molecular flexibility index (Phi) is 5.69. The minimum absolute atomic E-state index is 0.700. The lowest BCUT2D eigenvalue weighted by Gasteiger charge is -2.07. The van der Waals surface area contributed by atoms with E-state index in [1.165, 1.54) is 12.0 Å². The number of hydrogen-bond donors (Lipinski definition) is 1. The first-order chi connectivity index (χ1) is 8.02. The van der Waals surface area contributed by atoms with Crippen LogP contribution < -0.4 is 5.32 Å². The van der Waals surface area contributed by atoms with Gasteiger partial charge in [0.25, 0.3) is 0 Å². The number of hydrogen-bond acceptors (Lipinski definition) is 2. The van der Waals surface area contributed by atoms with Crippen molar-refractivity contribution >= 4 is 0 Å². The predicted octanol–water partition coefficient (Wildman–Crippen LogP) is 2.98. The molecule has 0 aliphatic rings. The van der Waals surface area contributed by atoms with Crippen LogP contribution in [0.1, 0.15) is 45.4 Å². The molecule has 0 saturated carbocycles. The first-order valence-electron chi connectivity index (χ1n) is 6.76. The molecule has 0 aromatic carbocycles. The lowest BCUT2D eigenvalue weighted by molar-refractivity contribution is 0.437. The molecule has 0 aliphatic heterocycles. The molecule has 1 N–H and O–H groups in total. The highest BCUT2D eigenvalue weighted by atomic mass is 15.3. The molecule has 0 amide bonds. The van der Waals surface area contributed by atoms with Crippen LogP contribution >= 0.6 is 0 Å². The number of nitrogens with zero attached hydrogens (tertiary/aromatic N) is 2. The van der Waals surface area contributed by atoms with Gasteiger partial charge in [-0.05, 0) is 25.3 Å². The molecule has 0 bridgehead atoms. The average Bonchev–Trinajstić information content (AvgIpc) is 2.58. The van der Waals surface area contributed by atoms with Gasteiger partial charge in [0.2, 0.25) is 0 Å². The van der Waals surface area contributed by atoms with Gasteiger partial charge in [-0.3, -0.25) is 4.68 Å². The van der Waals surface area contributed by atoms with Crippen molar-refractivity contribution in [2.45, 2.75) is 54.1 Å². The van der Waals surface area contributed by atoms with Gasteiger partial charge >= 0.3 is 0 Å². The summed E-state index contributed by atoms with van der Waals surface area (Å²) in [5, 5.41) is 8.04. The van der Waals surface area contributed by atoms with E-state index in [9.17, 15) is 0 Å². The summed E-state index contributed by atoms with van der Waals surface area (Å²) >= 11 is 0. The standard InChI is InChI=1S/C14H27N3/c1-6-12(4)9-17-10-14(13(5)16-17)8-15-7-11(2)3/h10-12,15H,6-9H2,1-5H3. The Bertz CT molecular complexity index is 328. The second-order valence-corrected chi connectivity index (χ2v) is 5.50. The minimum atomic E-state index is 0.700. The molecular formula is C14H27N3. The molecule has 1 heterocycles. The smallest absolute Gasteiger partial charge is 0.0638 e. The molecule has 0 saturated heterocycles. The molecule has 0 spiro atoms. The number of rotatable bonds is 7. The van der Waals surface area contributed by atoms with Gasteiger partial charge in [0.05, 0.1) is 5.69 Å². The maximum absolute atomic E-state index is 4.57. The molecular weight excluding hydrogens is 210 g/mol. The molecule has 1 rings (SSSR count). The number of aryl methyl sites for hydroxylation is 1. The number of aromatic nitrogens is 2. The van der Waals surface area contributed by atoms with E-state index in [4.69, 9.17) is 0 Å². The van der Waals surface area contributed by atoms with Crippen molar-refractivity contribution in [1.82, 2.24) is 15.1 Å². The number of nitrogens with one attached hydrogen (secondary N) is 1. The quantitative estimate of drug-likeness (QED) is 0.790. The van der Waals surface area contributed by atoms with E-state index >= 15 is 0 Å². The summed E-state index contributed by atoms with van der Waals surface area (Å²) in [6.07, 6.45) is 3.40. The fourth-order valence-corrected chi connectivity index (χ4v) is 1.77. The largest absolute Gasteiger partial charge is 0.312 e. The summed E-state index contributed by atoms with van der Waals surface area (Å²) in [5.74, 6) is 1.40. The van der Waals surface area contributed by atoms with Crippen LogP contribution in [0, 0.1) is 18.8 Å². The van der Waals surface area contributed by atoms with Crippen LogP contribution in [0.2, 0.25) is 0 Å². The first-order valence-corrected chi connectivity index (χ1v) is 6.76. The topological polar surface area (TPSA) is 29.9 Å². The van der Waals surface area contributed by atoms with Crippen LogP contribution in [0.4, 0.5) is 0 Å². The van der Waals surface area contributed by atoms with Crippen molar-refractivity contribution in [3.63, 3.8) is 0 Å². The lowest BCUT2D eigenvalue weighted by Crippen LogP contribution is -2.19. The van der Waals surface area contributed by atoms with Crippen molar-refractivity contribution < 1.29 is 0 Å². The highest BCUT2D eigenvalue weighted by molar-refractivity contribution is 5.15. The third-order valence-electron chi connectivity index (χ3n) is 3.11. The molecule has 0 radical (unpaired) electrons. The second kappa shape index (κ2) is 6.80. The normalized spacial score (nSPS) is 13.3. The van der Waals surface area contributed by atoms with Gasteiger partial charge in [-0.25, -0.2) is 0 Å². The van der Waals surface area contributed by atoms with Crippen LogP contribution in [0.15, 0.2) is 6.20 Å². The van der Waals surface area contributed by atoms with E-state index in [2.05, 4.69) is 55.9 Å². The third kappa shape index (κ3) is 4.90. The summed E-state index contributed by atoms with van der Waals surface area (Å²) in [5.41, 5.74) is 2.48. The maximum atomic E-state index is 4.57. The van der Waals surface area contributed by atoms with Crippen molar-refractivity contribution in [2.24, 2.45) is 11.8 Å². The fraction of sp³-hybridized carbons (Fsp3) is 0.786. The highest BCUT2D eigenvalue weighted by Gasteiger charge is 2.07. The second-order valence-electron chi connectivity index (χ2n) is 5.50. The molecule has 3 heteroatoms. The molecule has 0 fully saturated rings. The highest BCUT2D eigenvalue weighted by Crippen LogP contribution is 2.09. The van der Waals surface area contributed by atoms with Crippen molar-refractivity contribution in [3.05, 3.63) is 17.5 Å². The zero-order valence-corrected chi connectivity index (χ0v) is 12.0. The molecule has 17 heavy (non-hydrogen) atoms. The summed E-state index contributed by atoms with van der Waals surface area (Å²) in [7, 11) is 0. The van der Waals surface area contributed by atoms with Crippen LogP contribution in [-0.4, -0.2) is 16.3 Å². The Labute approximate surface area is 106 Å². The van der Waals surface area contributed by atoms with E-state index in [-0.39, 0.29) is 0 Å². The van der Waals surface area contributed by atoms with Gasteiger partial charge in [0.15, 0.2) is 0 Å². The average molecular weight is 237 g/mol. The summed E-state index contributed by atoms with van der Waals surface area (Å²) in [6.45, 7) is 14.1. The molecule has 1 aromatic rings.